The van der Waals surface area contributed by atoms with Gasteiger partial charge in [0.15, 0.2) is 0 Å². The molecule has 0 rings (SSSR count). The summed E-state index contributed by atoms with van der Waals surface area (Å²) < 4.78 is 0. The highest BCUT2D eigenvalue weighted by Gasteiger charge is 2.45. The van der Waals surface area contributed by atoms with Crippen molar-refractivity contribution in [3.05, 3.63) is 0 Å². The van der Waals surface area contributed by atoms with E-state index < -0.39 is 0 Å². The predicted molar refractivity (Wildman–Crippen MR) is 118 cm³/mol. The average Bonchev–Trinajstić information content (AvgIpc) is 2.65. The molecule has 2 N–H and O–H groups in total. The Morgan fingerprint density at radius 2 is 1.15 bits per heavy atom. The lowest BCUT2D eigenvalue weighted by molar-refractivity contribution is -0.104. The monoisotopic (exact) mass is 370 g/mol. The molecule has 0 aromatic carbocycles. The molecule has 0 amide bonds. The predicted octanol–water partition coefficient (Wildman–Crippen LogP) is 4.66. The second kappa shape index (κ2) is 15.9. The van der Waals surface area contributed by atoms with Gasteiger partial charge in [0.05, 0.1) is 6.04 Å². The first-order valence-corrected chi connectivity index (χ1v) is 11.6. The highest BCUT2D eigenvalue weighted by Crippen LogP contribution is 2.26. The van der Waals surface area contributed by atoms with Crippen LogP contribution in [-0.2, 0) is 0 Å². The second-order valence-corrected chi connectivity index (χ2v) is 7.27. The minimum Gasteiger partial charge on any atom is -0.310 e. The van der Waals surface area contributed by atoms with Crippen molar-refractivity contribution in [1.29, 1.82) is 0 Å². The van der Waals surface area contributed by atoms with E-state index >= 15 is 0 Å². The van der Waals surface area contributed by atoms with Crippen molar-refractivity contribution >= 4 is 0 Å². The van der Waals surface area contributed by atoms with Crippen LogP contribution in [0.1, 0.15) is 93.4 Å². The van der Waals surface area contributed by atoms with E-state index in [1.165, 1.54) is 44.9 Å². The van der Waals surface area contributed by atoms with Crippen molar-refractivity contribution in [1.82, 2.24) is 20.4 Å². The smallest absolute Gasteiger partial charge is 0.144 e. The molecular weight excluding hydrogens is 320 g/mol. The molecule has 0 heterocycles. The Balaban J connectivity index is 5.42. The maximum Gasteiger partial charge on any atom is 0.144 e. The van der Waals surface area contributed by atoms with Crippen LogP contribution in [0.5, 0.6) is 0 Å². The zero-order chi connectivity index (χ0) is 19.8. The van der Waals surface area contributed by atoms with Crippen molar-refractivity contribution < 1.29 is 0 Å². The first-order valence-electron chi connectivity index (χ1n) is 11.6. The van der Waals surface area contributed by atoms with Crippen molar-refractivity contribution in [2.24, 2.45) is 0 Å². The van der Waals surface area contributed by atoms with E-state index in [-0.39, 0.29) is 5.79 Å². The Hall–Kier alpha value is -0.160. The summed E-state index contributed by atoms with van der Waals surface area (Å²) in [5.41, 5.74) is 0. The number of unbranched alkanes of at least 4 members (excludes halogenated alkanes) is 5. The normalized spacial score (nSPS) is 13.7. The summed E-state index contributed by atoms with van der Waals surface area (Å²) in [5.74, 6) is -0.0961. The van der Waals surface area contributed by atoms with Crippen LogP contribution in [-0.4, -0.2) is 60.9 Å². The number of nitrogens with zero attached hydrogens (tertiary/aromatic N) is 2. The van der Waals surface area contributed by atoms with Crippen LogP contribution < -0.4 is 10.6 Å². The molecule has 4 nitrogen and oxygen atoms in total. The maximum atomic E-state index is 3.94. The molecule has 0 radical (unpaired) electrons. The molecule has 0 fully saturated rings. The van der Waals surface area contributed by atoms with Crippen LogP contribution in [0.3, 0.4) is 0 Å². The SMILES string of the molecule is CCCCCCCCC(NCC)C(NCC)(N(CC)CC)N(CC)CC. The summed E-state index contributed by atoms with van der Waals surface area (Å²) in [6, 6.07) is 0.443. The van der Waals surface area contributed by atoms with Crippen molar-refractivity contribution in [3.63, 3.8) is 0 Å². The quantitative estimate of drug-likeness (QED) is 0.271. The fraction of sp³-hybridized carbons (Fsp3) is 1.00. The summed E-state index contributed by atoms with van der Waals surface area (Å²) in [4.78, 5) is 5.27. The van der Waals surface area contributed by atoms with E-state index in [0.29, 0.717) is 6.04 Å². The van der Waals surface area contributed by atoms with Gasteiger partial charge in [-0.25, -0.2) is 0 Å². The van der Waals surface area contributed by atoms with Crippen LogP contribution >= 0.6 is 0 Å². The van der Waals surface area contributed by atoms with Crippen LogP contribution in [0, 0.1) is 0 Å². The molecule has 0 saturated carbocycles. The van der Waals surface area contributed by atoms with Crippen molar-refractivity contribution in [3.8, 4) is 0 Å². The standard InChI is InChI=1S/C22H50N4/c1-8-15-16-17-18-19-20-21(23-9-2)22(24-10-3,25(11-4)12-5)26(13-6)14-7/h21,23-24H,8-20H2,1-7H3. The topological polar surface area (TPSA) is 30.5 Å². The fourth-order valence-electron chi connectivity index (χ4n) is 4.48. The van der Waals surface area contributed by atoms with Gasteiger partial charge in [-0.1, -0.05) is 87.0 Å². The van der Waals surface area contributed by atoms with Gasteiger partial charge in [-0.2, -0.15) is 0 Å². The summed E-state index contributed by atoms with van der Waals surface area (Å²) in [6.45, 7) is 22.3. The van der Waals surface area contributed by atoms with Gasteiger partial charge in [-0.05, 0) is 45.7 Å². The zero-order valence-electron chi connectivity index (χ0n) is 19.2. The first kappa shape index (κ1) is 25.8. The summed E-state index contributed by atoms with van der Waals surface area (Å²) in [7, 11) is 0. The lowest BCUT2D eigenvalue weighted by atomic mass is 9.96. The van der Waals surface area contributed by atoms with Crippen LogP contribution in [0.2, 0.25) is 0 Å². The van der Waals surface area contributed by atoms with E-state index in [9.17, 15) is 0 Å². The van der Waals surface area contributed by atoms with Gasteiger partial charge in [-0.3, -0.25) is 15.1 Å². The molecule has 0 aliphatic heterocycles. The first-order chi connectivity index (χ1) is 12.6. The Morgan fingerprint density at radius 3 is 1.58 bits per heavy atom. The second-order valence-electron chi connectivity index (χ2n) is 7.27. The van der Waals surface area contributed by atoms with Crippen molar-refractivity contribution in [2.75, 3.05) is 39.3 Å². The van der Waals surface area contributed by atoms with Crippen LogP contribution in [0.15, 0.2) is 0 Å². The third kappa shape index (κ3) is 7.46. The Bertz CT molecular complexity index is 289. The molecule has 4 heteroatoms. The molecular formula is C22H50N4. The molecule has 1 atom stereocenters. The van der Waals surface area contributed by atoms with Gasteiger partial charge >= 0.3 is 0 Å². The molecule has 0 spiro atoms. The van der Waals surface area contributed by atoms with Crippen molar-refractivity contribution in [2.45, 2.75) is 105 Å². The minimum absolute atomic E-state index is 0.0961. The zero-order valence-corrected chi connectivity index (χ0v) is 19.2. The van der Waals surface area contributed by atoms with Gasteiger partial charge in [0, 0.05) is 0 Å². The molecule has 0 aliphatic carbocycles. The fourth-order valence-corrected chi connectivity index (χ4v) is 4.48. The third-order valence-electron chi connectivity index (χ3n) is 5.71. The van der Waals surface area contributed by atoms with Gasteiger partial charge in [0.2, 0.25) is 0 Å². The number of rotatable bonds is 18. The van der Waals surface area contributed by atoms with E-state index in [4.69, 9.17) is 0 Å². The molecule has 26 heavy (non-hydrogen) atoms. The number of hydrogen-bond donors (Lipinski definition) is 2. The van der Waals surface area contributed by atoms with E-state index in [2.05, 4.69) is 68.9 Å². The Kier molecular flexibility index (Phi) is 15.8. The van der Waals surface area contributed by atoms with E-state index in [1.807, 2.05) is 0 Å². The minimum atomic E-state index is -0.0961. The molecule has 0 bridgehead atoms. The lowest BCUT2D eigenvalue weighted by Gasteiger charge is -2.55. The van der Waals surface area contributed by atoms with Gasteiger partial charge < -0.3 is 5.32 Å². The summed E-state index contributed by atoms with van der Waals surface area (Å²) in [6.07, 6.45) is 9.41. The van der Waals surface area contributed by atoms with Gasteiger partial charge in [0.1, 0.15) is 5.79 Å². The Labute approximate surface area is 165 Å². The largest absolute Gasteiger partial charge is 0.310 e. The molecule has 0 saturated heterocycles. The summed E-state index contributed by atoms with van der Waals surface area (Å²) in [5, 5.41) is 7.80. The maximum absolute atomic E-state index is 3.94. The number of likely N-dealkylation sites (N-methyl/N-ethyl adjacent to an activating group) is 4. The molecule has 0 aromatic heterocycles. The van der Waals surface area contributed by atoms with E-state index in [1.54, 1.807) is 0 Å². The number of nitrogens with one attached hydrogen (secondary N) is 2. The Morgan fingerprint density at radius 1 is 0.654 bits per heavy atom. The molecule has 0 aliphatic rings. The van der Waals surface area contributed by atoms with Crippen LogP contribution in [0.4, 0.5) is 0 Å². The summed E-state index contributed by atoms with van der Waals surface area (Å²) >= 11 is 0. The van der Waals surface area contributed by atoms with Crippen LogP contribution in [0.25, 0.3) is 0 Å². The third-order valence-corrected chi connectivity index (χ3v) is 5.71. The molecule has 0 aromatic rings. The molecule has 158 valence electrons. The highest BCUT2D eigenvalue weighted by atomic mass is 15.5. The van der Waals surface area contributed by atoms with Gasteiger partial charge in [-0.15, -0.1) is 0 Å². The van der Waals surface area contributed by atoms with E-state index in [0.717, 1.165) is 39.3 Å². The van der Waals surface area contributed by atoms with Gasteiger partial charge in [0.25, 0.3) is 0 Å². The lowest BCUT2D eigenvalue weighted by Crippen LogP contribution is -2.77. The highest BCUT2D eigenvalue weighted by molar-refractivity contribution is 4.97. The average molecular weight is 371 g/mol. The number of hydrogen-bond acceptors (Lipinski definition) is 4. The molecule has 1 unspecified atom stereocenters.